The van der Waals surface area contributed by atoms with Crippen LogP contribution in [0.25, 0.3) is 21.5 Å². The van der Waals surface area contributed by atoms with Crippen LogP contribution < -0.4 is 9.47 Å². The quantitative estimate of drug-likeness (QED) is 0.126. The molecule has 0 saturated heterocycles. The number of phenols is 4. The fraction of sp³-hybridized carbons (Fsp3) is 0.158. The average molecular weight is 979 g/mol. The van der Waals surface area contributed by atoms with Crippen molar-refractivity contribution < 1.29 is 80.9 Å². The number of azo groups is 2. The first-order chi connectivity index (χ1) is 29.1. The van der Waals surface area contributed by atoms with E-state index in [0.29, 0.717) is 21.5 Å². The first-order valence-corrected chi connectivity index (χ1v) is 23.9. The van der Waals surface area contributed by atoms with Crippen molar-refractivity contribution in [3.8, 4) is 34.5 Å². The van der Waals surface area contributed by atoms with Gasteiger partial charge in [-0.15, -0.1) is 20.5 Å². The standard InChI is InChI=1S/2C19H17N3O7S2.Cr/c2*1-22(2)31(27,28)11-7-8-15(23)14(9-11)20-21-16-17(24)12-5-3-4-6-13(12)18-19(16)30(25,26)10-29-18;/h2*3-9,23-24H,10H2,1-2H3;. The zero-order chi connectivity index (χ0) is 45.1. The van der Waals surface area contributed by atoms with E-state index in [-0.39, 0.29) is 82.7 Å². The topological polar surface area (TPSA) is 292 Å². The molecule has 0 fully saturated rings. The molecule has 0 atom stereocenters. The fourth-order valence-electron chi connectivity index (χ4n) is 6.26. The van der Waals surface area contributed by atoms with Gasteiger partial charge in [-0.1, -0.05) is 48.5 Å². The summed E-state index contributed by atoms with van der Waals surface area (Å²) in [6, 6.07) is 19.9. The number of fused-ring (bicyclic) bond motifs is 6. The second-order valence-electron chi connectivity index (χ2n) is 13.8. The van der Waals surface area contributed by atoms with Crippen LogP contribution in [0, 0.1) is 0 Å². The molecular formula is C38H34CrN6O14S4. The van der Waals surface area contributed by atoms with E-state index in [1.165, 1.54) is 40.3 Å². The van der Waals surface area contributed by atoms with Gasteiger partial charge in [0.2, 0.25) is 39.7 Å². The smallest absolute Gasteiger partial charge is 0.242 e. The predicted octanol–water partition coefficient (Wildman–Crippen LogP) is 6.08. The van der Waals surface area contributed by atoms with Gasteiger partial charge in [0.15, 0.2) is 34.8 Å². The Hall–Kier alpha value is -5.91. The van der Waals surface area contributed by atoms with Gasteiger partial charge in [-0.05, 0) is 36.4 Å². The van der Waals surface area contributed by atoms with Crippen LogP contribution in [-0.4, -0.2) is 103 Å². The molecule has 0 radical (unpaired) electrons. The van der Waals surface area contributed by atoms with Gasteiger partial charge in [0.25, 0.3) is 0 Å². The molecule has 8 rings (SSSR count). The summed E-state index contributed by atoms with van der Waals surface area (Å²) in [5.41, 5.74) is -1.15. The number of sulfone groups is 2. The van der Waals surface area contributed by atoms with Gasteiger partial charge in [-0.3, -0.25) is 0 Å². The Morgan fingerprint density at radius 1 is 0.524 bits per heavy atom. The molecule has 0 saturated carbocycles. The first kappa shape index (κ1) is 46.6. The van der Waals surface area contributed by atoms with Gasteiger partial charge in [0.1, 0.15) is 44.2 Å². The SMILES string of the molecule is CN(C)S(=O)(=O)c1ccc(O)c(N=Nc2c3c(c4ccccc4c2O)OCS3(=O)=O)c1.CN(C)S(=O)(=O)c1ccc(O)c(N=Nc2c3c(c4ccccc4c2O)OCS3(=O)=O)c1.[Cr]. The third-order valence-corrected chi connectivity index (χ3v) is 15.9. The summed E-state index contributed by atoms with van der Waals surface area (Å²) in [6.07, 6.45) is 0. The van der Waals surface area contributed by atoms with Crippen LogP contribution in [0.4, 0.5) is 22.7 Å². The minimum atomic E-state index is -3.91. The molecule has 0 spiro atoms. The van der Waals surface area contributed by atoms with E-state index in [2.05, 4.69) is 20.5 Å². The molecule has 2 aliphatic rings. The molecule has 4 N–H and O–H groups in total. The number of sulfonamides is 2. The van der Waals surface area contributed by atoms with Crippen LogP contribution in [0.3, 0.4) is 0 Å². The van der Waals surface area contributed by atoms with Crippen molar-refractivity contribution in [2.45, 2.75) is 19.6 Å². The van der Waals surface area contributed by atoms with E-state index in [9.17, 15) is 54.1 Å². The summed E-state index contributed by atoms with van der Waals surface area (Å²) in [7, 11) is -10.0. The Balaban J connectivity index is 0.000000206. The van der Waals surface area contributed by atoms with Crippen LogP contribution in [0.15, 0.2) is 125 Å². The van der Waals surface area contributed by atoms with E-state index in [1.54, 1.807) is 48.5 Å². The monoisotopic (exact) mass is 978 g/mol. The van der Waals surface area contributed by atoms with Crippen LogP contribution in [0.5, 0.6) is 34.5 Å². The third-order valence-electron chi connectivity index (χ3n) is 9.45. The number of hydrogen-bond acceptors (Lipinski definition) is 18. The van der Waals surface area contributed by atoms with Gasteiger partial charge in [0, 0.05) is 67.1 Å². The molecule has 63 heavy (non-hydrogen) atoms. The number of rotatable bonds is 8. The normalized spacial score (nSPS) is 15.2. The van der Waals surface area contributed by atoms with Crippen molar-refractivity contribution in [3.05, 3.63) is 84.9 Å². The van der Waals surface area contributed by atoms with Crippen LogP contribution >= 0.6 is 0 Å². The Labute approximate surface area is 371 Å². The molecule has 330 valence electrons. The zero-order valence-corrected chi connectivity index (χ0v) is 37.6. The minimum Gasteiger partial charge on any atom is -0.506 e. The van der Waals surface area contributed by atoms with E-state index in [0.717, 1.165) is 32.9 Å². The molecule has 0 aromatic heterocycles. The van der Waals surface area contributed by atoms with Gasteiger partial charge in [-0.2, -0.15) is 0 Å². The minimum absolute atomic E-state index is 0. The van der Waals surface area contributed by atoms with Crippen molar-refractivity contribution in [3.63, 3.8) is 0 Å². The molecule has 6 aromatic rings. The van der Waals surface area contributed by atoms with Crippen molar-refractivity contribution in [1.29, 1.82) is 0 Å². The number of hydrogen-bond donors (Lipinski definition) is 4. The molecule has 20 nitrogen and oxygen atoms in total. The molecule has 0 aliphatic carbocycles. The summed E-state index contributed by atoms with van der Waals surface area (Å²) in [5.74, 6) is -2.73. The molecule has 6 aromatic carbocycles. The summed E-state index contributed by atoms with van der Waals surface area (Å²) in [6.45, 7) is 0. The fourth-order valence-corrected chi connectivity index (χ4v) is 10.7. The predicted molar refractivity (Wildman–Crippen MR) is 223 cm³/mol. The number of ether oxygens (including phenoxy) is 2. The first-order valence-electron chi connectivity index (χ1n) is 17.7. The van der Waals surface area contributed by atoms with Crippen molar-refractivity contribution >= 4 is 84.0 Å². The number of nitrogens with zero attached hydrogens (tertiary/aromatic N) is 6. The Morgan fingerprint density at radius 2 is 0.857 bits per heavy atom. The number of phenolic OH excluding ortho intramolecular Hbond substituents is 4. The molecule has 25 heteroatoms. The van der Waals surface area contributed by atoms with Gasteiger partial charge in [0.05, 0.1) is 9.79 Å². The number of aromatic hydroxyl groups is 4. The zero-order valence-electron chi connectivity index (χ0n) is 33.1. The van der Waals surface area contributed by atoms with Crippen LogP contribution in [0.2, 0.25) is 0 Å². The molecule has 0 unspecified atom stereocenters. The largest absolute Gasteiger partial charge is 0.506 e. The van der Waals surface area contributed by atoms with Crippen molar-refractivity contribution in [2.24, 2.45) is 20.5 Å². The number of benzene rings is 6. The van der Waals surface area contributed by atoms with E-state index in [1.807, 2.05) is 0 Å². The second kappa shape index (κ2) is 17.0. The van der Waals surface area contributed by atoms with Gasteiger partial charge in [-0.25, -0.2) is 42.3 Å². The summed E-state index contributed by atoms with van der Waals surface area (Å²) < 4.78 is 112. The van der Waals surface area contributed by atoms with Crippen LogP contribution in [0.1, 0.15) is 0 Å². The Morgan fingerprint density at radius 3 is 1.19 bits per heavy atom. The Bertz CT molecular complexity index is 3160. The van der Waals surface area contributed by atoms with E-state index in [4.69, 9.17) is 9.47 Å². The average Bonchev–Trinajstić information content (AvgIpc) is 3.73. The summed E-state index contributed by atoms with van der Waals surface area (Å²) in [4.78, 5) is -0.922. The maximum absolute atomic E-state index is 12.5. The summed E-state index contributed by atoms with van der Waals surface area (Å²) in [5, 5.41) is 58.4. The van der Waals surface area contributed by atoms with Crippen molar-refractivity contribution in [1.82, 2.24) is 8.61 Å². The third kappa shape index (κ3) is 8.36. The Kier molecular flexibility index (Phi) is 12.6. The van der Waals surface area contributed by atoms with E-state index >= 15 is 0 Å². The molecular weight excluding hydrogens is 945 g/mol. The maximum Gasteiger partial charge on any atom is 0.242 e. The summed E-state index contributed by atoms with van der Waals surface area (Å²) >= 11 is 0. The maximum atomic E-state index is 12.5. The second-order valence-corrected chi connectivity index (χ2v) is 21.9. The van der Waals surface area contributed by atoms with E-state index < -0.39 is 63.1 Å². The molecule has 2 aliphatic heterocycles. The van der Waals surface area contributed by atoms with Crippen LogP contribution in [-0.2, 0) is 57.1 Å². The van der Waals surface area contributed by atoms with Gasteiger partial charge >= 0.3 is 0 Å². The molecule has 2 heterocycles. The molecule has 0 bridgehead atoms. The molecule has 0 amide bonds. The van der Waals surface area contributed by atoms with Gasteiger partial charge < -0.3 is 29.9 Å². The van der Waals surface area contributed by atoms with Crippen molar-refractivity contribution in [2.75, 3.05) is 40.1 Å².